The molecule has 2 aromatic rings. The van der Waals surface area contributed by atoms with Crippen molar-refractivity contribution in [1.29, 1.82) is 0 Å². The van der Waals surface area contributed by atoms with Gasteiger partial charge in [-0.2, -0.15) is 0 Å². The second kappa shape index (κ2) is 6.76. The van der Waals surface area contributed by atoms with Crippen molar-refractivity contribution in [2.24, 2.45) is 5.92 Å². The molecule has 4 nitrogen and oxygen atoms in total. The fourth-order valence-corrected chi connectivity index (χ4v) is 6.08. The van der Waals surface area contributed by atoms with E-state index in [1.54, 1.807) is 0 Å². The van der Waals surface area contributed by atoms with Crippen LogP contribution in [0.2, 0.25) is 0 Å². The largest absolute Gasteiger partial charge is 0.485 e. The maximum absolute atomic E-state index is 10.8. The summed E-state index contributed by atoms with van der Waals surface area (Å²) in [6.45, 7) is 1.55. The molecule has 2 heterocycles. The highest BCUT2D eigenvalue weighted by Crippen LogP contribution is 2.62. The van der Waals surface area contributed by atoms with Crippen LogP contribution >= 0.6 is 12.4 Å². The van der Waals surface area contributed by atoms with Crippen molar-refractivity contribution in [2.45, 2.75) is 43.1 Å². The van der Waals surface area contributed by atoms with Crippen LogP contribution in [0.25, 0.3) is 0 Å². The number of rotatable bonds is 3. The van der Waals surface area contributed by atoms with Crippen molar-refractivity contribution in [3.63, 3.8) is 0 Å². The third-order valence-electron chi connectivity index (χ3n) is 7.37. The monoisotopic (exact) mass is 411 g/mol. The first kappa shape index (κ1) is 19.0. The third-order valence-corrected chi connectivity index (χ3v) is 7.37. The Morgan fingerprint density at radius 3 is 2.83 bits per heavy atom. The number of ether oxygens (including phenoxy) is 2. The Hall–Kier alpha value is -2.01. The van der Waals surface area contributed by atoms with E-state index in [-0.39, 0.29) is 23.9 Å². The van der Waals surface area contributed by atoms with Gasteiger partial charge in [-0.25, -0.2) is 0 Å². The molecule has 29 heavy (non-hydrogen) atoms. The van der Waals surface area contributed by atoms with E-state index < -0.39 is 6.10 Å². The summed E-state index contributed by atoms with van der Waals surface area (Å²) in [5.74, 6) is 2.06. The van der Waals surface area contributed by atoms with Crippen LogP contribution in [0.5, 0.6) is 11.5 Å². The molecule has 1 fully saturated rings. The van der Waals surface area contributed by atoms with Gasteiger partial charge in [0.05, 0.1) is 0 Å². The van der Waals surface area contributed by atoms with Gasteiger partial charge in [0.2, 0.25) is 0 Å². The molecular formula is C24H26ClNO3. The molecule has 2 bridgehead atoms. The molecule has 0 aromatic heterocycles. The van der Waals surface area contributed by atoms with Gasteiger partial charge < -0.3 is 19.5 Å². The number of hydrogen-bond acceptors (Lipinski definition) is 4. The lowest BCUT2D eigenvalue weighted by Gasteiger charge is -2.56. The normalized spacial score (nSPS) is 33.4. The summed E-state index contributed by atoms with van der Waals surface area (Å²) in [5.41, 5.74) is 3.68. The number of likely N-dealkylation sites (tertiary alicyclic amines) is 1. The summed E-state index contributed by atoms with van der Waals surface area (Å²) >= 11 is 0. The van der Waals surface area contributed by atoms with E-state index in [4.69, 9.17) is 9.47 Å². The Balaban J connectivity index is 0.00000181. The molecule has 5 atom stereocenters. The molecule has 5 heteroatoms. The van der Waals surface area contributed by atoms with Crippen molar-refractivity contribution in [2.75, 3.05) is 13.6 Å². The number of piperidine rings is 1. The zero-order valence-corrected chi connectivity index (χ0v) is 17.3. The molecule has 0 radical (unpaired) electrons. The average Bonchev–Trinajstić information content (AvgIpc) is 3.07. The fraction of sp³-hybridized carbons (Fsp3) is 0.417. The molecule has 1 saturated heterocycles. The van der Waals surface area contributed by atoms with E-state index in [1.165, 1.54) is 11.1 Å². The van der Waals surface area contributed by atoms with Gasteiger partial charge in [-0.3, -0.25) is 0 Å². The topological polar surface area (TPSA) is 41.9 Å². The summed E-state index contributed by atoms with van der Waals surface area (Å²) < 4.78 is 12.7. The van der Waals surface area contributed by atoms with Crippen molar-refractivity contribution in [3.05, 3.63) is 71.3 Å². The molecule has 1 spiro atoms. The number of halogens is 1. The molecule has 0 saturated carbocycles. The molecule has 2 aromatic carbocycles. The molecule has 1 N–H and O–H groups in total. The van der Waals surface area contributed by atoms with Gasteiger partial charge in [0.15, 0.2) is 11.5 Å². The zero-order valence-electron chi connectivity index (χ0n) is 16.5. The van der Waals surface area contributed by atoms with Crippen LogP contribution in [0.1, 0.15) is 23.1 Å². The van der Waals surface area contributed by atoms with Crippen molar-refractivity contribution < 1.29 is 14.6 Å². The molecule has 6 rings (SSSR count). The Labute approximate surface area is 177 Å². The summed E-state index contributed by atoms with van der Waals surface area (Å²) in [6.07, 6.45) is 5.45. The predicted molar refractivity (Wildman–Crippen MR) is 114 cm³/mol. The molecule has 0 amide bonds. The number of hydrogen-bond donors (Lipinski definition) is 1. The van der Waals surface area contributed by atoms with Gasteiger partial charge in [-0.05, 0) is 43.6 Å². The quantitative estimate of drug-likeness (QED) is 0.785. The second-order valence-corrected chi connectivity index (χ2v) is 8.68. The summed E-state index contributed by atoms with van der Waals surface area (Å²) in [5, 5.41) is 10.8. The van der Waals surface area contributed by atoms with Crippen LogP contribution in [0.15, 0.2) is 54.6 Å². The third kappa shape index (κ3) is 2.52. The number of benzene rings is 2. The van der Waals surface area contributed by atoms with Gasteiger partial charge in [0.1, 0.15) is 18.8 Å². The first-order valence-corrected chi connectivity index (χ1v) is 10.2. The van der Waals surface area contributed by atoms with E-state index in [0.717, 1.165) is 36.4 Å². The first-order valence-electron chi connectivity index (χ1n) is 10.2. The zero-order chi connectivity index (χ0) is 18.9. The number of aliphatic hydroxyl groups excluding tert-OH is 1. The minimum atomic E-state index is -0.569. The van der Waals surface area contributed by atoms with Crippen molar-refractivity contribution in [1.82, 2.24) is 4.90 Å². The minimum Gasteiger partial charge on any atom is -0.485 e. The highest BCUT2D eigenvalue weighted by Gasteiger charge is 2.64. The molecule has 4 aliphatic rings. The van der Waals surface area contributed by atoms with Crippen LogP contribution in [0, 0.1) is 5.92 Å². The van der Waals surface area contributed by atoms with Crippen LogP contribution in [-0.2, 0) is 18.4 Å². The van der Waals surface area contributed by atoms with Gasteiger partial charge in [0, 0.05) is 22.9 Å². The molecule has 2 aliphatic carbocycles. The molecular weight excluding hydrogens is 386 g/mol. The lowest BCUT2D eigenvalue weighted by molar-refractivity contribution is -0.0454. The first-order chi connectivity index (χ1) is 13.7. The Morgan fingerprint density at radius 1 is 1.17 bits per heavy atom. The van der Waals surface area contributed by atoms with E-state index in [1.807, 2.05) is 24.3 Å². The average molecular weight is 412 g/mol. The molecule has 2 unspecified atom stereocenters. The van der Waals surface area contributed by atoms with Crippen LogP contribution in [-0.4, -0.2) is 41.8 Å². The van der Waals surface area contributed by atoms with Crippen LogP contribution in [0.3, 0.4) is 0 Å². The van der Waals surface area contributed by atoms with Gasteiger partial charge in [-0.15, -0.1) is 12.4 Å². The number of aliphatic hydroxyl groups is 1. The fourth-order valence-electron chi connectivity index (χ4n) is 6.08. The maximum atomic E-state index is 10.8. The van der Waals surface area contributed by atoms with Crippen LogP contribution in [0.4, 0.5) is 0 Å². The summed E-state index contributed by atoms with van der Waals surface area (Å²) in [7, 11) is 2.23. The van der Waals surface area contributed by atoms with E-state index in [0.29, 0.717) is 18.6 Å². The summed E-state index contributed by atoms with van der Waals surface area (Å²) in [6, 6.07) is 15.0. The van der Waals surface area contributed by atoms with Gasteiger partial charge in [-0.1, -0.05) is 48.6 Å². The molecule has 152 valence electrons. The number of nitrogens with zero attached hydrogens (tertiary/aromatic N) is 1. The lowest BCUT2D eigenvalue weighted by atomic mass is 9.53. The Kier molecular flexibility index (Phi) is 4.43. The highest BCUT2D eigenvalue weighted by molar-refractivity contribution is 5.85. The van der Waals surface area contributed by atoms with Crippen molar-refractivity contribution in [3.8, 4) is 11.5 Å². The SMILES string of the molecule is CN1CC[C@]23c4c5ccc(OCc6ccccc6)c4OC2[C@@H](O)C=CC3[C@H]1C5.Cl. The summed E-state index contributed by atoms with van der Waals surface area (Å²) in [4.78, 5) is 2.48. The second-order valence-electron chi connectivity index (χ2n) is 8.68. The van der Waals surface area contributed by atoms with E-state index in [2.05, 4.69) is 42.3 Å². The van der Waals surface area contributed by atoms with E-state index in [9.17, 15) is 5.11 Å². The lowest BCUT2D eigenvalue weighted by Crippen LogP contribution is -2.64. The van der Waals surface area contributed by atoms with Gasteiger partial charge >= 0.3 is 0 Å². The number of likely N-dealkylation sites (N-methyl/N-ethyl adjacent to an activating group) is 1. The van der Waals surface area contributed by atoms with Crippen LogP contribution < -0.4 is 9.47 Å². The predicted octanol–water partition coefficient (Wildman–Crippen LogP) is 3.49. The van der Waals surface area contributed by atoms with Gasteiger partial charge in [0.25, 0.3) is 0 Å². The van der Waals surface area contributed by atoms with Crippen molar-refractivity contribution >= 4 is 12.4 Å². The smallest absolute Gasteiger partial charge is 0.166 e. The molecule has 2 aliphatic heterocycles. The standard InChI is InChI=1S/C24H25NO3.ClH/c1-25-12-11-24-17-8-9-19(26)23(24)28-22-20(27-14-15-5-3-2-4-6-15)10-7-16(21(22)24)13-18(17)25;/h2-10,17-19,23,26H,11-14H2,1H3;1H/t17?,18-,19+,23?,24+;/m1./s1. The minimum absolute atomic E-state index is 0. The highest BCUT2D eigenvalue weighted by atomic mass is 35.5. The van der Waals surface area contributed by atoms with E-state index >= 15 is 0 Å². The Bertz CT molecular complexity index is 962. The maximum Gasteiger partial charge on any atom is 0.166 e. The Morgan fingerprint density at radius 2 is 2.00 bits per heavy atom.